The van der Waals surface area contributed by atoms with Gasteiger partial charge in [0.2, 0.25) is 10.0 Å². The van der Waals surface area contributed by atoms with Crippen LogP contribution in [0.3, 0.4) is 0 Å². The Morgan fingerprint density at radius 1 is 1.21 bits per heavy atom. The van der Waals surface area contributed by atoms with Gasteiger partial charge < -0.3 is 15.2 Å². The van der Waals surface area contributed by atoms with Crippen molar-refractivity contribution in [3.05, 3.63) is 29.4 Å². The lowest BCUT2D eigenvalue weighted by Gasteiger charge is -2.27. The normalized spacial score (nSPS) is 19.5. The predicted octanol–water partition coefficient (Wildman–Crippen LogP) is 4.97. The molecule has 1 heterocycles. The fourth-order valence-corrected chi connectivity index (χ4v) is 6.84. The van der Waals surface area contributed by atoms with Crippen LogP contribution in [0.5, 0.6) is 5.75 Å². The largest absolute Gasteiger partial charge is 0.491 e. The number of carbonyl (C=O) groups is 1. The number of rotatable bonds is 7. The van der Waals surface area contributed by atoms with E-state index in [1.54, 1.807) is 45.2 Å². The molecule has 0 unspecified atom stereocenters. The fraction of sp³-hybridized carbons (Fsp3) is 0.565. The van der Waals surface area contributed by atoms with Gasteiger partial charge in [0.25, 0.3) is 0 Å². The fourth-order valence-electron chi connectivity index (χ4n) is 3.99. The smallest absolute Gasteiger partial charge is 0.404 e. The van der Waals surface area contributed by atoms with Gasteiger partial charge in [-0.25, -0.2) is 22.9 Å². The highest BCUT2D eigenvalue weighted by Crippen LogP contribution is 2.40. The van der Waals surface area contributed by atoms with Crippen LogP contribution in [0.25, 0.3) is 10.4 Å². The van der Waals surface area contributed by atoms with Gasteiger partial charge in [0.05, 0.1) is 20.9 Å². The Bertz CT molecular complexity index is 1080. The van der Waals surface area contributed by atoms with E-state index in [9.17, 15) is 13.2 Å². The molecule has 0 spiro atoms. The maximum atomic E-state index is 13.3. The molecule has 3 rings (SSSR count). The van der Waals surface area contributed by atoms with Crippen LogP contribution in [-0.2, 0) is 10.0 Å². The number of carboxylic acid groups (broad SMARTS) is 1. The van der Waals surface area contributed by atoms with Crippen molar-refractivity contribution in [1.82, 2.24) is 15.0 Å². The van der Waals surface area contributed by atoms with E-state index in [2.05, 4.69) is 15.0 Å². The van der Waals surface area contributed by atoms with Crippen molar-refractivity contribution >= 4 is 27.5 Å². The Hall–Kier alpha value is -2.17. The summed E-state index contributed by atoms with van der Waals surface area (Å²) in [6.45, 7) is 9.20. The van der Waals surface area contributed by atoms with Crippen LogP contribution < -0.4 is 14.8 Å². The third kappa shape index (κ3) is 6.91. The highest BCUT2D eigenvalue weighted by atomic mass is 32.2. The van der Waals surface area contributed by atoms with Gasteiger partial charge in [0.1, 0.15) is 5.75 Å². The van der Waals surface area contributed by atoms with Crippen molar-refractivity contribution in [3.8, 4) is 16.2 Å². The quantitative estimate of drug-likeness (QED) is 0.499. The summed E-state index contributed by atoms with van der Waals surface area (Å²) in [4.78, 5) is 16.4. The van der Waals surface area contributed by atoms with E-state index < -0.39 is 21.7 Å². The Morgan fingerprint density at radius 3 is 2.45 bits per heavy atom. The maximum Gasteiger partial charge on any atom is 0.404 e. The molecule has 0 atom stereocenters. The maximum absolute atomic E-state index is 13.3. The Kier molecular flexibility index (Phi) is 7.70. The average Bonchev–Trinajstić information content (AvgIpc) is 3.16. The lowest BCUT2D eigenvalue weighted by molar-refractivity contribution is 0.185. The molecule has 2 aromatic rings. The zero-order valence-corrected chi connectivity index (χ0v) is 21.3. The highest BCUT2D eigenvalue weighted by molar-refractivity contribution is 7.89. The summed E-state index contributed by atoms with van der Waals surface area (Å²) in [6.07, 6.45) is 3.88. The highest BCUT2D eigenvalue weighted by Gasteiger charge is 2.29. The average molecular weight is 496 g/mol. The van der Waals surface area contributed by atoms with Gasteiger partial charge >= 0.3 is 6.09 Å². The number of benzene rings is 1. The van der Waals surface area contributed by atoms with Crippen molar-refractivity contribution < 1.29 is 23.1 Å². The molecule has 1 saturated carbocycles. The van der Waals surface area contributed by atoms with Crippen LogP contribution in [0, 0.1) is 0 Å². The molecule has 1 aromatic heterocycles. The molecule has 3 N–H and O–H groups in total. The molecule has 8 nitrogen and oxygen atoms in total. The zero-order chi connectivity index (χ0) is 24.4. The number of sulfonamides is 1. The molecule has 1 amide bonds. The van der Waals surface area contributed by atoms with E-state index in [4.69, 9.17) is 9.84 Å². The van der Waals surface area contributed by atoms with E-state index in [1.807, 2.05) is 13.8 Å². The number of nitrogens with zero attached hydrogens (tertiary/aromatic N) is 1. The van der Waals surface area contributed by atoms with Crippen LogP contribution in [0.4, 0.5) is 4.79 Å². The third-order valence-electron chi connectivity index (χ3n) is 5.25. The summed E-state index contributed by atoms with van der Waals surface area (Å²) in [5.74, 6) is 0.740. The number of ether oxygens (including phenoxy) is 1. The van der Waals surface area contributed by atoms with Crippen LogP contribution >= 0.6 is 11.3 Å². The number of amides is 1. The molecule has 182 valence electrons. The van der Waals surface area contributed by atoms with Crippen LogP contribution in [0.15, 0.2) is 29.3 Å². The van der Waals surface area contributed by atoms with E-state index >= 15 is 0 Å². The van der Waals surface area contributed by atoms with Crippen molar-refractivity contribution in [2.75, 3.05) is 0 Å². The predicted molar refractivity (Wildman–Crippen MR) is 130 cm³/mol. The zero-order valence-electron chi connectivity index (χ0n) is 19.7. The molecular weight excluding hydrogens is 462 g/mol. The SMILES string of the molecule is CC(C)Oc1ccc(-c2cnc(C3CCC(NC(=O)O)CC3)s2)c(S(=O)(=O)NC(C)(C)C)c1. The molecule has 1 aliphatic carbocycles. The number of thiazole rings is 1. The number of hydrogen-bond donors (Lipinski definition) is 3. The minimum Gasteiger partial charge on any atom is -0.491 e. The Morgan fingerprint density at radius 2 is 1.88 bits per heavy atom. The molecule has 1 aliphatic rings. The van der Waals surface area contributed by atoms with Crippen molar-refractivity contribution in [1.29, 1.82) is 0 Å². The van der Waals surface area contributed by atoms with Crippen LogP contribution in [0.2, 0.25) is 0 Å². The van der Waals surface area contributed by atoms with Gasteiger partial charge in [-0.2, -0.15) is 0 Å². The summed E-state index contributed by atoms with van der Waals surface area (Å²) in [7, 11) is -3.80. The summed E-state index contributed by atoms with van der Waals surface area (Å²) < 4.78 is 35.0. The lowest BCUT2D eigenvalue weighted by Crippen LogP contribution is -2.40. The van der Waals surface area contributed by atoms with Gasteiger partial charge in [-0.05, 0) is 72.4 Å². The third-order valence-corrected chi connectivity index (χ3v) is 8.24. The molecule has 0 radical (unpaired) electrons. The molecule has 0 bridgehead atoms. The molecule has 1 aromatic carbocycles. The molecule has 10 heteroatoms. The van der Waals surface area contributed by atoms with Crippen molar-refractivity contribution in [2.24, 2.45) is 0 Å². The second-order valence-corrected chi connectivity index (χ2v) is 12.5. The van der Waals surface area contributed by atoms with Crippen molar-refractivity contribution in [3.63, 3.8) is 0 Å². The first kappa shape index (κ1) is 25.5. The molecule has 33 heavy (non-hydrogen) atoms. The molecule has 0 saturated heterocycles. The number of nitrogens with one attached hydrogen (secondary N) is 2. The van der Waals surface area contributed by atoms with E-state index in [0.29, 0.717) is 11.3 Å². The minimum atomic E-state index is -3.80. The number of hydrogen-bond acceptors (Lipinski definition) is 6. The summed E-state index contributed by atoms with van der Waals surface area (Å²) in [5, 5.41) is 12.4. The summed E-state index contributed by atoms with van der Waals surface area (Å²) >= 11 is 1.49. The topological polar surface area (TPSA) is 118 Å². The minimum absolute atomic E-state index is 0.0214. The Labute approximate surface area is 199 Å². The lowest BCUT2D eigenvalue weighted by atomic mass is 9.86. The van der Waals surface area contributed by atoms with Gasteiger partial charge in [-0.15, -0.1) is 11.3 Å². The van der Waals surface area contributed by atoms with E-state index in [-0.39, 0.29) is 23.0 Å². The molecule has 0 aliphatic heterocycles. The van der Waals surface area contributed by atoms with Gasteiger partial charge in [-0.1, -0.05) is 0 Å². The van der Waals surface area contributed by atoms with E-state index in [1.165, 1.54) is 11.3 Å². The van der Waals surface area contributed by atoms with Gasteiger partial charge in [0, 0.05) is 35.3 Å². The van der Waals surface area contributed by atoms with Gasteiger partial charge in [0.15, 0.2) is 0 Å². The van der Waals surface area contributed by atoms with Crippen molar-refractivity contribution in [2.45, 2.75) is 88.8 Å². The van der Waals surface area contributed by atoms with Crippen LogP contribution in [0.1, 0.15) is 71.2 Å². The monoisotopic (exact) mass is 495 g/mol. The second kappa shape index (κ2) is 9.99. The first-order valence-electron chi connectivity index (χ1n) is 11.1. The standard InChI is InChI=1S/C23H33N3O5S2/c1-14(2)31-17-10-11-18(20(12-17)33(29,30)26-23(3,4)5)19-13-24-21(32-19)15-6-8-16(9-7-15)25-22(27)28/h10-16,25-26H,6-9H2,1-5H3,(H,27,28). The van der Waals surface area contributed by atoms with Crippen LogP contribution in [-0.4, -0.2) is 42.3 Å². The molecule has 1 fully saturated rings. The Balaban J connectivity index is 1.90. The summed E-state index contributed by atoms with van der Waals surface area (Å²) in [6, 6.07) is 5.12. The molecular formula is C23H33N3O5S2. The van der Waals surface area contributed by atoms with E-state index in [0.717, 1.165) is 35.6 Å². The first-order valence-corrected chi connectivity index (χ1v) is 13.4. The summed E-state index contributed by atoms with van der Waals surface area (Å²) in [5.41, 5.74) is -0.0419. The first-order chi connectivity index (χ1) is 15.3. The number of aromatic nitrogens is 1. The van der Waals surface area contributed by atoms with Gasteiger partial charge in [-0.3, -0.25) is 0 Å². The second-order valence-electron chi connectivity index (χ2n) is 9.74.